The molecule has 1 amide bonds. The summed E-state index contributed by atoms with van der Waals surface area (Å²) in [5.41, 5.74) is 6.75. The lowest BCUT2D eigenvalue weighted by molar-refractivity contribution is -0.130. The van der Waals surface area contributed by atoms with E-state index in [-0.39, 0.29) is 18.6 Å². The van der Waals surface area contributed by atoms with Gasteiger partial charge in [-0.25, -0.2) is 0 Å². The number of methoxy groups -OCH3 is 1. The maximum atomic E-state index is 11.4. The van der Waals surface area contributed by atoms with Crippen molar-refractivity contribution in [3.63, 3.8) is 0 Å². The van der Waals surface area contributed by atoms with Gasteiger partial charge in [0, 0.05) is 20.1 Å². The Bertz CT molecular complexity index is 417. The number of rotatable bonds is 5. The molecule has 0 unspecified atom stereocenters. The third-order valence-corrected chi connectivity index (χ3v) is 2.56. The van der Waals surface area contributed by atoms with Gasteiger partial charge in [-0.3, -0.25) is 4.79 Å². The lowest BCUT2D eigenvalue weighted by atomic mass is 10.1. The second-order valence-corrected chi connectivity index (χ2v) is 4.28. The number of hydrogen-bond acceptors (Lipinski definition) is 4. The summed E-state index contributed by atoms with van der Waals surface area (Å²) in [5.74, 6) is 1.02. The number of ether oxygens (including phenoxy) is 2. The molecule has 0 saturated heterocycles. The summed E-state index contributed by atoms with van der Waals surface area (Å²) in [6.07, 6.45) is 0. The number of carbonyl (C=O) groups excluding carboxylic acids is 1. The number of benzene rings is 1. The van der Waals surface area contributed by atoms with Gasteiger partial charge in [-0.05, 0) is 24.6 Å². The molecule has 1 aromatic carbocycles. The molecule has 18 heavy (non-hydrogen) atoms. The highest BCUT2D eigenvalue weighted by molar-refractivity contribution is 5.77. The topological polar surface area (TPSA) is 64.8 Å². The van der Waals surface area contributed by atoms with Crippen LogP contribution in [0.5, 0.6) is 11.5 Å². The van der Waals surface area contributed by atoms with Crippen LogP contribution in [0.1, 0.15) is 18.5 Å². The fourth-order valence-electron chi connectivity index (χ4n) is 1.36. The van der Waals surface area contributed by atoms with Crippen LogP contribution in [0.25, 0.3) is 0 Å². The molecule has 100 valence electrons. The monoisotopic (exact) mass is 252 g/mol. The predicted molar refractivity (Wildman–Crippen MR) is 69.8 cm³/mol. The van der Waals surface area contributed by atoms with Gasteiger partial charge in [0.2, 0.25) is 0 Å². The molecule has 0 saturated carbocycles. The zero-order valence-corrected chi connectivity index (χ0v) is 11.3. The number of carbonyl (C=O) groups is 1. The Labute approximate surface area is 107 Å². The molecule has 1 atom stereocenters. The molecule has 0 aliphatic carbocycles. The van der Waals surface area contributed by atoms with Crippen molar-refractivity contribution in [3.05, 3.63) is 23.8 Å². The summed E-state index contributed by atoms with van der Waals surface area (Å²) in [7, 11) is 4.92. The Hall–Kier alpha value is -1.75. The lowest BCUT2D eigenvalue weighted by Gasteiger charge is -2.15. The van der Waals surface area contributed by atoms with Gasteiger partial charge < -0.3 is 20.1 Å². The van der Waals surface area contributed by atoms with Gasteiger partial charge in [-0.15, -0.1) is 0 Å². The summed E-state index contributed by atoms with van der Waals surface area (Å²) >= 11 is 0. The van der Waals surface area contributed by atoms with Crippen LogP contribution in [0.15, 0.2) is 18.2 Å². The van der Waals surface area contributed by atoms with Gasteiger partial charge in [0.05, 0.1) is 7.11 Å². The zero-order valence-electron chi connectivity index (χ0n) is 11.3. The van der Waals surface area contributed by atoms with E-state index in [1.54, 1.807) is 27.3 Å². The molecule has 1 rings (SSSR count). The molecule has 2 N–H and O–H groups in total. The maximum absolute atomic E-state index is 11.4. The molecular weight excluding hydrogens is 232 g/mol. The molecular formula is C13H20N2O3. The van der Waals surface area contributed by atoms with Crippen LogP contribution in [0.3, 0.4) is 0 Å². The van der Waals surface area contributed by atoms with E-state index in [9.17, 15) is 4.79 Å². The Morgan fingerprint density at radius 2 is 2.06 bits per heavy atom. The van der Waals surface area contributed by atoms with E-state index in [2.05, 4.69) is 0 Å². The first kappa shape index (κ1) is 14.3. The first-order valence-corrected chi connectivity index (χ1v) is 5.72. The smallest absolute Gasteiger partial charge is 0.259 e. The van der Waals surface area contributed by atoms with Crippen molar-refractivity contribution in [2.45, 2.75) is 13.0 Å². The first-order valence-electron chi connectivity index (χ1n) is 5.72. The number of amides is 1. The average molecular weight is 252 g/mol. The molecule has 0 heterocycles. The van der Waals surface area contributed by atoms with Crippen LogP contribution in [0, 0.1) is 0 Å². The van der Waals surface area contributed by atoms with Crippen LogP contribution in [-0.4, -0.2) is 38.6 Å². The SMILES string of the molecule is COc1cc([C@@H](C)N)ccc1OCC(=O)N(C)C. The molecule has 5 heteroatoms. The molecule has 0 bridgehead atoms. The molecule has 0 aliphatic heterocycles. The highest BCUT2D eigenvalue weighted by Crippen LogP contribution is 2.29. The lowest BCUT2D eigenvalue weighted by Crippen LogP contribution is -2.27. The second kappa shape index (κ2) is 6.26. The second-order valence-electron chi connectivity index (χ2n) is 4.28. The predicted octanol–water partition coefficient (Wildman–Crippen LogP) is 1.18. The third kappa shape index (κ3) is 3.63. The summed E-state index contributed by atoms with van der Waals surface area (Å²) in [6, 6.07) is 5.37. The van der Waals surface area contributed by atoms with E-state index in [4.69, 9.17) is 15.2 Å². The fourth-order valence-corrected chi connectivity index (χ4v) is 1.36. The van der Waals surface area contributed by atoms with Crippen LogP contribution in [0.4, 0.5) is 0 Å². The third-order valence-electron chi connectivity index (χ3n) is 2.56. The Kier molecular flexibility index (Phi) is 4.97. The summed E-state index contributed by atoms with van der Waals surface area (Å²) < 4.78 is 10.7. The van der Waals surface area contributed by atoms with E-state index in [0.29, 0.717) is 11.5 Å². The molecule has 1 aromatic rings. The van der Waals surface area contributed by atoms with Crippen LogP contribution < -0.4 is 15.2 Å². The van der Waals surface area contributed by atoms with Crippen molar-refractivity contribution < 1.29 is 14.3 Å². The van der Waals surface area contributed by atoms with Crippen molar-refractivity contribution in [2.75, 3.05) is 27.8 Å². The van der Waals surface area contributed by atoms with Crippen molar-refractivity contribution in [1.82, 2.24) is 4.90 Å². The molecule has 0 radical (unpaired) electrons. The molecule has 0 aromatic heterocycles. The molecule has 0 spiro atoms. The number of likely N-dealkylation sites (N-methyl/N-ethyl adjacent to an activating group) is 1. The minimum atomic E-state index is -0.103. The van der Waals surface area contributed by atoms with Gasteiger partial charge in [0.15, 0.2) is 18.1 Å². The highest BCUT2D eigenvalue weighted by Gasteiger charge is 2.10. The van der Waals surface area contributed by atoms with Crippen molar-refractivity contribution in [1.29, 1.82) is 0 Å². The number of hydrogen-bond donors (Lipinski definition) is 1. The van der Waals surface area contributed by atoms with Crippen molar-refractivity contribution in [2.24, 2.45) is 5.73 Å². The van der Waals surface area contributed by atoms with Gasteiger partial charge in [-0.2, -0.15) is 0 Å². The van der Waals surface area contributed by atoms with Crippen molar-refractivity contribution >= 4 is 5.91 Å². The summed E-state index contributed by atoms with van der Waals surface area (Å²) in [6.45, 7) is 1.88. The van der Waals surface area contributed by atoms with Gasteiger partial charge in [0.25, 0.3) is 5.91 Å². The van der Waals surface area contributed by atoms with E-state index < -0.39 is 0 Å². The van der Waals surface area contributed by atoms with E-state index >= 15 is 0 Å². The van der Waals surface area contributed by atoms with Crippen LogP contribution in [0.2, 0.25) is 0 Å². The summed E-state index contributed by atoms with van der Waals surface area (Å²) in [5, 5.41) is 0. The molecule has 5 nitrogen and oxygen atoms in total. The normalized spacial score (nSPS) is 11.8. The van der Waals surface area contributed by atoms with E-state index in [1.165, 1.54) is 4.90 Å². The highest BCUT2D eigenvalue weighted by atomic mass is 16.5. The van der Waals surface area contributed by atoms with E-state index in [1.807, 2.05) is 19.1 Å². The largest absolute Gasteiger partial charge is 0.493 e. The Morgan fingerprint density at radius 3 is 2.56 bits per heavy atom. The van der Waals surface area contributed by atoms with E-state index in [0.717, 1.165) is 5.56 Å². The average Bonchev–Trinajstić information content (AvgIpc) is 2.35. The standard InChI is InChI=1S/C13H20N2O3/c1-9(14)10-5-6-11(12(7-10)17-4)18-8-13(16)15(2)3/h5-7,9H,8,14H2,1-4H3/t9-/m1/s1. The fraction of sp³-hybridized carbons (Fsp3) is 0.462. The minimum absolute atomic E-state index is 0.0130. The van der Waals surface area contributed by atoms with Gasteiger partial charge >= 0.3 is 0 Å². The van der Waals surface area contributed by atoms with Crippen LogP contribution in [-0.2, 0) is 4.79 Å². The van der Waals surface area contributed by atoms with Gasteiger partial charge in [-0.1, -0.05) is 6.07 Å². The quantitative estimate of drug-likeness (QED) is 0.854. The molecule has 0 aliphatic rings. The minimum Gasteiger partial charge on any atom is -0.493 e. The summed E-state index contributed by atoms with van der Waals surface area (Å²) in [4.78, 5) is 12.9. The van der Waals surface area contributed by atoms with Crippen molar-refractivity contribution in [3.8, 4) is 11.5 Å². The van der Waals surface area contributed by atoms with Crippen LogP contribution >= 0.6 is 0 Å². The van der Waals surface area contributed by atoms with Gasteiger partial charge in [0.1, 0.15) is 0 Å². The Morgan fingerprint density at radius 1 is 1.39 bits per heavy atom. The first-order chi connectivity index (χ1) is 8.45. The number of nitrogens with zero attached hydrogens (tertiary/aromatic N) is 1. The zero-order chi connectivity index (χ0) is 13.7. The Balaban J connectivity index is 2.80. The molecule has 0 fully saturated rings. The number of nitrogens with two attached hydrogens (primary N) is 1. The maximum Gasteiger partial charge on any atom is 0.259 e.